The summed E-state index contributed by atoms with van der Waals surface area (Å²) in [6, 6.07) is 16.0. The van der Waals surface area contributed by atoms with Crippen molar-refractivity contribution in [2.45, 2.75) is 59.2 Å². The minimum absolute atomic E-state index is 0.117. The van der Waals surface area contributed by atoms with E-state index in [1.54, 1.807) is 25.1 Å². The molecule has 0 spiro atoms. The van der Waals surface area contributed by atoms with E-state index in [-0.39, 0.29) is 44.5 Å². The van der Waals surface area contributed by atoms with E-state index in [0.717, 1.165) is 30.4 Å². The van der Waals surface area contributed by atoms with Gasteiger partial charge in [-0.15, -0.1) is 0 Å². The number of sulfone groups is 1. The van der Waals surface area contributed by atoms with Gasteiger partial charge in [-0.3, -0.25) is 4.21 Å². The maximum atomic E-state index is 15.7. The lowest BCUT2D eigenvalue weighted by atomic mass is 9.94. The van der Waals surface area contributed by atoms with Gasteiger partial charge in [-0.2, -0.15) is 57.1 Å². The molecule has 0 N–H and O–H groups in total. The summed E-state index contributed by atoms with van der Waals surface area (Å²) in [6.45, 7) is 31.0. The molecule has 0 fully saturated rings. The number of thioether (sulfide) groups is 1. The first-order chi connectivity index (χ1) is 44.7. The van der Waals surface area contributed by atoms with Crippen LogP contribution in [0.3, 0.4) is 0 Å². The number of alkyl halides is 6. The molecule has 0 saturated heterocycles. The topological polar surface area (TPSA) is 187 Å². The second kappa shape index (κ2) is 25.5. The van der Waals surface area contributed by atoms with Gasteiger partial charge in [-0.25, -0.2) is 62.0 Å². The van der Waals surface area contributed by atoms with Crippen molar-refractivity contribution in [1.29, 1.82) is 21.0 Å². The van der Waals surface area contributed by atoms with Gasteiger partial charge in [-0.05, 0) is 111 Å². The van der Waals surface area contributed by atoms with Crippen molar-refractivity contribution >= 4 is 72.9 Å². The van der Waals surface area contributed by atoms with E-state index in [4.69, 9.17) is 31.6 Å². The normalized spacial score (nSPS) is 14.9. The molecule has 0 amide bonds. The van der Waals surface area contributed by atoms with Crippen LogP contribution in [0.15, 0.2) is 92.0 Å². The van der Waals surface area contributed by atoms with Crippen molar-refractivity contribution in [2.75, 3.05) is 0 Å². The van der Waals surface area contributed by atoms with Crippen molar-refractivity contribution < 1.29 is 87.4 Å². The molecule has 0 radical (unpaired) electrons. The monoisotopic (exact) mass is 1370 g/mol. The van der Waals surface area contributed by atoms with E-state index in [1.165, 1.54) is 36.4 Å². The van der Waals surface area contributed by atoms with Crippen LogP contribution >= 0.6 is 11.8 Å². The SMILES string of the molecule is [C-]#[N+]/C(=C1\C=c2c(F)c3c(c(F)c2C1)=C/C(=C(\C#N)c1c(F)c(F)c(C#N)c(F)c1F)C3)c1c(F)c(F)c([N+]#[C-])c(F)c1F.[C-]#[N+]C([N+]#[C-])=C1Cc2c(CS(=O)[O-])c3c(c(S(=O)(=O)C(F)(F)F)c2=C1c1cccc(C)c1)CC(=C(C#N)C#N)C=3c1cccc(SC(F)(F)F)c1. The van der Waals surface area contributed by atoms with Gasteiger partial charge in [0.25, 0.3) is 15.5 Å². The van der Waals surface area contributed by atoms with Crippen LogP contribution in [0.25, 0.3) is 53.9 Å². The van der Waals surface area contributed by atoms with Crippen molar-refractivity contribution in [1.82, 2.24) is 0 Å². The van der Waals surface area contributed by atoms with E-state index in [1.807, 2.05) is 0 Å². The van der Waals surface area contributed by atoms with Crippen LogP contribution in [0.2, 0.25) is 0 Å². The van der Waals surface area contributed by atoms with Crippen LogP contribution in [0.1, 0.15) is 61.2 Å². The van der Waals surface area contributed by atoms with Crippen LogP contribution < -0.4 is 20.9 Å². The lowest BCUT2D eigenvalue weighted by Crippen LogP contribution is -2.36. The number of aryl methyl sites for hydroxylation is 1. The number of rotatable bonds is 8. The maximum absolute atomic E-state index is 15.7. The Morgan fingerprint density at radius 3 is 1.62 bits per heavy atom. The number of fused-ring (bicyclic) bond motifs is 4. The van der Waals surface area contributed by atoms with E-state index >= 15 is 8.78 Å². The van der Waals surface area contributed by atoms with Crippen molar-refractivity contribution in [3.05, 3.63) is 268 Å². The second-order valence-electron chi connectivity index (χ2n) is 20.3. The quantitative estimate of drug-likeness (QED) is 0.0357. The molecule has 1 unspecified atom stereocenters. The van der Waals surface area contributed by atoms with Gasteiger partial charge in [0.15, 0.2) is 34.9 Å². The number of nitrogens with zero attached hydrogens (tertiary/aromatic N) is 8. The highest BCUT2D eigenvalue weighted by atomic mass is 32.2. The van der Waals surface area contributed by atoms with E-state index in [9.17, 15) is 94.4 Å². The molecule has 31 heteroatoms. The largest absolute Gasteiger partial charge is 0.772 e. The number of halogens is 16. The van der Waals surface area contributed by atoms with Crippen LogP contribution in [0.4, 0.5) is 75.9 Å². The van der Waals surface area contributed by atoms with E-state index < -0.39 is 237 Å². The highest BCUT2D eigenvalue weighted by Gasteiger charge is 2.51. The third-order valence-corrected chi connectivity index (χ3v) is 18.0. The molecular weight excluding hydrogens is 1340 g/mol. The van der Waals surface area contributed by atoms with E-state index in [2.05, 4.69) is 19.4 Å². The smallest absolute Gasteiger partial charge is 0.523 e. The summed E-state index contributed by atoms with van der Waals surface area (Å²) in [7, 11) is -6.39. The Bertz CT molecular complexity index is 5270. The second-order valence-corrected chi connectivity index (χ2v) is 24.2. The van der Waals surface area contributed by atoms with Crippen LogP contribution in [-0.4, -0.2) is 28.2 Å². The molecule has 0 bridgehead atoms. The molecule has 0 heterocycles. The molecule has 4 aliphatic carbocycles. The zero-order valence-electron chi connectivity index (χ0n) is 46.8. The molecule has 6 aromatic rings. The first kappa shape index (κ1) is 68.3. The highest BCUT2D eigenvalue weighted by Crippen LogP contribution is 2.45. The molecule has 0 aromatic heterocycles. The third kappa shape index (κ3) is 11.6. The zero-order chi connectivity index (χ0) is 70.0. The standard InChI is InChI=1S/C34H18F6N4O4S3.C30H6F10N4/c1-17-6-4-7-18(10-17)28-25(32(43-2)44-3)13-23-26(16-50(45)46)29-24(31(30(23)28)51(47,48)34(38,39)40)12-22(20(14-41)15-42)27(29)19-8-5-9-21(11-19)49-33(35,36)37;1-43-29(18-25(37)27(39)30(44-2)28(40)26(18)38)10-5-13-14(6-10)20(32)12-4-9(3-11(12)19(13)31)15(7-41)17-23(35)21(33)16(8-42)22(34)24(17)36/h4-11H,12-13,16H2,1H3,(H,45,46);3,6H,4-5H2/p-1/b;15-9-,29-10-. The molecule has 95 heavy (non-hydrogen) atoms. The van der Waals surface area contributed by atoms with Gasteiger partial charge in [0.1, 0.15) is 71.8 Å². The summed E-state index contributed by atoms with van der Waals surface area (Å²) in [5.74, 6) is -20.7. The van der Waals surface area contributed by atoms with Gasteiger partial charge in [0, 0.05) is 50.3 Å². The number of hydrogen-bond donors (Lipinski definition) is 0. The van der Waals surface area contributed by atoms with Crippen LogP contribution in [-0.2, 0) is 52.4 Å². The van der Waals surface area contributed by atoms with Gasteiger partial charge >= 0.3 is 16.8 Å². The van der Waals surface area contributed by atoms with Gasteiger partial charge < -0.3 is 4.55 Å². The Hall–Kier alpha value is -11.0. The molecule has 474 valence electrons. The lowest BCUT2D eigenvalue weighted by molar-refractivity contribution is -0.0437. The van der Waals surface area contributed by atoms with E-state index in [0.29, 0.717) is 5.56 Å². The summed E-state index contributed by atoms with van der Waals surface area (Å²) < 4.78 is 284. The van der Waals surface area contributed by atoms with Crippen molar-refractivity contribution in [3.63, 3.8) is 0 Å². The summed E-state index contributed by atoms with van der Waals surface area (Å²) in [6.07, 6.45) is -1.31. The summed E-state index contributed by atoms with van der Waals surface area (Å²) >= 11 is -3.57. The Labute approximate surface area is 530 Å². The number of nitriles is 4. The van der Waals surface area contributed by atoms with Crippen LogP contribution in [0.5, 0.6) is 0 Å². The minimum atomic E-state index is -6.39. The molecule has 10 rings (SSSR count). The minimum Gasteiger partial charge on any atom is -0.772 e. The Morgan fingerprint density at radius 2 is 1.14 bits per heavy atom. The predicted octanol–water partition coefficient (Wildman–Crippen LogP) is 12.7. The molecule has 1 atom stereocenters. The highest BCUT2D eigenvalue weighted by molar-refractivity contribution is 8.00. The fraction of sp³-hybridized carbons (Fsp3) is 0.125. The number of allylic oxidation sites excluding steroid dienone is 6. The maximum Gasteiger partial charge on any atom is 0.523 e. The zero-order valence-corrected chi connectivity index (χ0v) is 49.2. The summed E-state index contributed by atoms with van der Waals surface area (Å²) in [5, 5.41) is 36.0. The molecule has 0 aliphatic heterocycles. The molecule has 4 aliphatic rings. The molecule has 6 aromatic carbocycles. The molecule has 12 nitrogen and oxygen atoms in total. The fourth-order valence-corrected chi connectivity index (χ4v) is 13.8. The lowest BCUT2D eigenvalue weighted by Gasteiger charge is -2.18. The average molecular weight is 1370 g/mol. The number of hydrogen-bond acceptors (Lipinski definition) is 9. The predicted molar refractivity (Wildman–Crippen MR) is 304 cm³/mol. The van der Waals surface area contributed by atoms with Gasteiger partial charge in [-0.1, -0.05) is 59.1 Å². The molecular formula is C64H23F16N8O4S3-. The van der Waals surface area contributed by atoms with Gasteiger partial charge in [0.2, 0.25) is 5.70 Å². The van der Waals surface area contributed by atoms with Crippen molar-refractivity contribution in [2.24, 2.45) is 0 Å². The fourth-order valence-electron chi connectivity index (χ4n) is 11.4. The van der Waals surface area contributed by atoms with Crippen LogP contribution in [0, 0.1) is 137 Å². The first-order valence-corrected chi connectivity index (χ1v) is 29.5. The number of benzene rings is 6. The summed E-state index contributed by atoms with van der Waals surface area (Å²) in [5.41, 5.74) is -23.4. The Kier molecular flexibility index (Phi) is 18.3. The Balaban J connectivity index is 0.000000226. The molecule has 0 saturated carbocycles. The third-order valence-electron chi connectivity index (χ3n) is 15.2. The Morgan fingerprint density at radius 1 is 0.621 bits per heavy atom. The van der Waals surface area contributed by atoms with Crippen molar-refractivity contribution in [3.8, 4) is 24.3 Å². The first-order valence-electron chi connectivity index (χ1n) is 26.0. The summed E-state index contributed by atoms with van der Waals surface area (Å²) in [4.78, 5) is 9.97. The van der Waals surface area contributed by atoms with Gasteiger partial charge in [0.05, 0.1) is 40.3 Å². The average Bonchev–Trinajstić information content (AvgIpc) is 1.56.